The minimum absolute atomic E-state index is 0.479. The van der Waals surface area contributed by atoms with Gasteiger partial charge in [-0.1, -0.05) is 38.0 Å². The summed E-state index contributed by atoms with van der Waals surface area (Å²) in [5, 5.41) is 12.0. The molecule has 0 aliphatic rings. The molecule has 1 atom stereocenters. The number of unbranched alkanes of at least 4 members (excludes halogenated alkanes) is 1. The molecule has 0 heterocycles. The van der Waals surface area contributed by atoms with Gasteiger partial charge < -0.3 is 10.4 Å². The number of carboxylic acid groups (broad SMARTS) is 1. The van der Waals surface area contributed by atoms with Gasteiger partial charge in [-0.3, -0.25) is 0 Å². The molecule has 82 valence electrons. The number of carbonyl (C=O) groups is 1. The third kappa shape index (κ3) is 4.02. The Morgan fingerprint density at radius 1 is 1.40 bits per heavy atom. The maximum atomic E-state index is 10.9. The molecule has 2 N–H and O–H groups in total. The number of hydrogen-bond donors (Lipinski definition) is 2. The topological polar surface area (TPSA) is 49.3 Å². The van der Waals surface area contributed by atoms with Crippen molar-refractivity contribution in [2.75, 3.05) is 5.32 Å². The maximum Gasteiger partial charge on any atom is 0.326 e. The Balaban J connectivity index is 2.55. The average molecular weight is 207 g/mol. The van der Waals surface area contributed by atoms with Crippen molar-refractivity contribution in [2.24, 2.45) is 0 Å². The minimum atomic E-state index is -0.785. The van der Waals surface area contributed by atoms with Crippen LogP contribution in [0.25, 0.3) is 0 Å². The number of nitrogens with one attached hydrogen (secondary N) is 1. The maximum absolute atomic E-state index is 10.9. The predicted octanol–water partition coefficient (Wildman–Crippen LogP) is 2.74. The zero-order valence-electron chi connectivity index (χ0n) is 8.94. The van der Waals surface area contributed by atoms with E-state index in [-0.39, 0.29) is 0 Å². The van der Waals surface area contributed by atoms with Crippen molar-refractivity contribution in [1.29, 1.82) is 0 Å². The third-order valence-corrected chi connectivity index (χ3v) is 2.26. The third-order valence-electron chi connectivity index (χ3n) is 2.26. The van der Waals surface area contributed by atoms with Crippen molar-refractivity contribution in [1.82, 2.24) is 0 Å². The molecule has 0 saturated heterocycles. The molecule has 0 aromatic heterocycles. The number of benzene rings is 1. The first-order valence-corrected chi connectivity index (χ1v) is 5.28. The van der Waals surface area contributed by atoms with E-state index < -0.39 is 12.0 Å². The van der Waals surface area contributed by atoms with Crippen LogP contribution in [0.2, 0.25) is 0 Å². The highest BCUT2D eigenvalue weighted by molar-refractivity contribution is 5.77. The lowest BCUT2D eigenvalue weighted by atomic mass is 10.1. The summed E-state index contributed by atoms with van der Waals surface area (Å²) in [5.74, 6) is -0.785. The highest BCUT2D eigenvalue weighted by Gasteiger charge is 2.15. The molecular formula is C12H17NO2. The highest BCUT2D eigenvalue weighted by atomic mass is 16.4. The number of carboxylic acids is 1. The van der Waals surface area contributed by atoms with Crippen molar-refractivity contribution in [3.8, 4) is 0 Å². The fourth-order valence-corrected chi connectivity index (χ4v) is 1.40. The molecule has 0 saturated carbocycles. The van der Waals surface area contributed by atoms with E-state index in [2.05, 4.69) is 12.2 Å². The van der Waals surface area contributed by atoms with Gasteiger partial charge in [-0.15, -0.1) is 0 Å². The molecule has 0 amide bonds. The van der Waals surface area contributed by atoms with Crippen LogP contribution in [0.5, 0.6) is 0 Å². The van der Waals surface area contributed by atoms with E-state index in [4.69, 9.17) is 5.11 Å². The van der Waals surface area contributed by atoms with Crippen LogP contribution in [0.15, 0.2) is 30.3 Å². The van der Waals surface area contributed by atoms with Crippen molar-refractivity contribution in [3.63, 3.8) is 0 Å². The standard InChI is InChI=1S/C12H17NO2/c1-2-3-9-11(12(14)15)13-10-7-5-4-6-8-10/h4-8,11,13H,2-3,9H2,1H3,(H,14,15)/t11-/m0/s1. The summed E-state index contributed by atoms with van der Waals surface area (Å²) in [7, 11) is 0. The lowest BCUT2D eigenvalue weighted by Gasteiger charge is -2.15. The Labute approximate surface area is 90.1 Å². The summed E-state index contributed by atoms with van der Waals surface area (Å²) in [6.07, 6.45) is 2.61. The van der Waals surface area contributed by atoms with Crippen LogP contribution in [0, 0.1) is 0 Å². The fourth-order valence-electron chi connectivity index (χ4n) is 1.40. The minimum Gasteiger partial charge on any atom is -0.480 e. The van der Waals surface area contributed by atoms with E-state index in [1.165, 1.54) is 0 Å². The zero-order chi connectivity index (χ0) is 11.1. The molecule has 1 rings (SSSR count). The van der Waals surface area contributed by atoms with Gasteiger partial charge in [-0.2, -0.15) is 0 Å². The smallest absolute Gasteiger partial charge is 0.326 e. The molecule has 0 bridgehead atoms. The normalized spacial score (nSPS) is 12.1. The van der Waals surface area contributed by atoms with Gasteiger partial charge >= 0.3 is 5.97 Å². The number of aliphatic carboxylic acids is 1. The Morgan fingerprint density at radius 3 is 2.60 bits per heavy atom. The zero-order valence-corrected chi connectivity index (χ0v) is 8.94. The lowest BCUT2D eigenvalue weighted by molar-refractivity contribution is -0.138. The molecule has 1 aromatic carbocycles. The van der Waals surface area contributed by atoms with Gasteiger partial charge in [0.1, 0.15) is 6.04 Å². The van der Waals surface area contributed by atoms with Crippen molar-refractivity contribution in [2.45, 2.75) is 32.2 Å². The van der Waals surface area contributed by atoms with Crippen LogP contribution in [0.4, 0.5) is 5.69 Å². The highest BCUT2D eigenvalue weighted by Crippen LogP contribution is 2.11. The van der Waals surface area contributed by atoms with E-state index in [1.54, 1.807) is 0 Å². The van der Waals surface area contributed by atoms with E-state index in [0.29, 0.717) is 6.42 Å². The summed E-state index contributed by atoms with van der Waals surface area (Å²) >= 11 is 0. The van der Waals surface area contributed by atoms with Crippen LogP contribution in [-0.2, 0) is 4.79 Å². The van der Waals surface area contributed by atoms with Gasteiger partial charge in [0.05, 0.1) is 0 Å². The van der Waals surface area contributed by atoms with E-state index >= 15 is 0 Å². The van der Waals surface area contributed by atoms with Crippen LogP contribution in [0.3, 0.4) is 0 Å². The molecule has 0 aliphatic carbocycles. The van der Waals surface area contributed by atoms with Gasteiger partial charge in [-0.05, 0) is 18.6 Å². The largest absolute Gasteiger partial charge is 0.480 e. The SMILES string of the molecule is CCCC[C@H](Nc1ccccc1)C(=O)O. The van der Waals surface area contributed by atoms with Crippen LogP contribution in [-0.4, -0.2) is 17.1 Å². The van der Waals surface area contributed by atoms with Crippen LogP contribution >= 0.6 is 0 Å². The van der Waals surface area contributed by atoms with Crippen molar-refractivity contribution in [3.05, 3.63) is 30.3 Å². The predicted molar refractivity (Wildman–Crippen MR) is 61.0 cm³/mol. The molecule has 0 spiro atoms. The first kappa shape index (κ1) is 11.6. The number of hydrogen-bond acceptors (Lipinski definition) is 2. The summed E-state index contributed by atoms with van der Waals surface area (Å²) < 4.78 is 0. The monoisotopic (exact) mass is 207 g/mol. The second-order valence-corrected chi connectivity index (χ2v) is 3.54. The number of anilines is 1. The summed E-state index contributed by atoms with van der Waals surface area (Å²) in [6, 6.07) is 8.96. The first-order valence-electron chi connectivity index (χ1n) is 5.28. The van der Waals surface area contributed by atoms with Crippen molar-refractivity contribution >= 4 is 11.7 Å². The molecule has 0 fully saturated rings. The molecule has 0 radical (unpaired) electrons. The fraction of sp³-hybridized carbons (Fsp3) is 0.417. The summed E-state index contributed by atoms with van der Waals surface area (Å²) in [4.78, 5) is 10.9. The van der Waals surface area contributed by atoms with E-state index in [1.807, 2.05) is 30.3 Å². The lowest BCUT2D eigenvalue weighted by Crippen LogP contribution is -2.29. The van der Waals surface area contributed by atoms with Crippen molar-refractivity contribution < 1.29 is 9.90 Å². The summed E-state index contributed by atoms with van der Waals surface area (Å²) in [5.41, 5.74) is 0.862. The van der Waals surface area contributed by atoms with Gasteiger partial charge in [0.25, 0.3) is 0 Å². The average Bonchev–Trinajstić information content (AvgIpc) is 2.25. The van der Waals surface area contributed by atoms with Gasteiger partial charge in [0.15, 0.2) is 0 Å². The Hall–Kier alpha value is -1.51. The summed E-state index contributed by atoms with van der Waals surface area (Å²) in [6.45, 7) is 2.06. The quantitative estimate of drug-likeness (QED) is 0.754. The molecule has 0 aliphatic heterocycles. The molecule has 0 unspecified atom stereocenters. The molecule has 3 heteroatoms. The van der Waals surface area contributed by atoms with Crippen LogP contribution in [0.1, 0.15) is 26.2 Å². The first-order chi connectivity index (χ1) is 7.24. The number of rotatable bonds is 6. The molecule has 3 nitrogen and oxygen atoms in total. The number of para-hydroxylation sites is 1. The van der Waals surface area contributed by atoms with Gasteiger partial charge in [-0.25, -0.2) is 4.79 Å². The van der Waals surface area contributed by atoms with Gasteiger partial charge in [0, 0.05) is 5.69 Å². The van der Waals surface area contributed by atoms with E-state index in [9.17, 15) is 4.79 Å². The molecular weight excluding hydrogens is 190 g/mol. The Kier molecular flexibility index (Phi) is 4.68. The molecule has 1 aromatic rings. The Morgan fingerprint density at radius 2 is 2.07 bits per heavy atom. The molecule has 15 heavy (non-hydrogen) atoms. The second kappa shape index (κ2) is 6.06. The van der Waals surface area contributed by atoms with Crippen LogP contribution < -0.4 is 5.32 Å². The van der Waals surface area contributed by atoms with Gasteiger partial charge in [0.2, 0.25) is 0 Å². The second-order valence-electron chi connectivity index (χ2n) is 3.54. The Bertz CT molecular complexity index is 298. The van der Waals surface area contributed by atoms with E-state index in [0.717, 1.165) is 18.5 Å².